The summed E-state index contributed by atoms with van der Waals surface area (Å²) in [7, 11) is 1.54. The molecule has 1 aromatic heterocycles. The molecule has 0 saturated carbocycles. The van der Waals surface area contributed by atoms with E-state index in [1.165, 1.54) is 25.3 Å². The Morgan fingerprint density at radius 1 is 1.19 bits per heavy atom. The van der Waals surface area contributed by atoms with Gasteiger partial charge < -0.3 is 14.8 Å². The van der Waals surface area contributed by atoms with Crippen LogP contribution in [0.5, 0.6) is 11.5 Å². The van der Waals surface area contributed by atoms with Crippen molar-refractivity contribution in [3.8, 4) is 11.5 Å². The lowest BCUT2D eigenvalue weighted by atomic mass is 10.1. The maximum atomic E-state index is 12.3. The van der Waals surface area contributed by atoms with E-state index in [1.807, 2.05) is 0 Å². The van der Waals surface area contributed by atoms with Gasteiger partial charge in [0.25, 0.3) is 0 Å². The lowest BCUT2D eigenvalue weighted by Gasteiger charge is -2.07. The summed E-state index contributed by atoms with van der Waals surface area (Å²) >= 11 is 1.07. The van der Waals surface area contributed by atoms with E-state index in [0.29, 0.717) is 21.1 Å². The van der Waals surface area contributed by atoms with Crippen LogP contribution in [0.1, 0.15) is 5.56 Å². The van der Waals surface area contributed by atoms with E-state index >= 15 is 0 Å². The highest BCUT2D eigenvalue weighted by Crippen LogP contribution is 2.31. The number of thiazole rings is 1. The number of ether oxygens (including phenoxy) is 2. The molecular weight excluding hydrogens is 369 g/mol. The molecule has 0 bridgehead atoms. The van der Waals surface area contributed by atoms with Crippen LogP contribution in [0.4, 0.5) is 18.3 Å². The van der Waals surface area contributed by atoms with Gasteiger partial charge in [-0.25, -0.2) is 4.98 Å². The average molecular weight is 382 g/mol. The number of nitrogens with zero attached hydrogens (tertiary/aromatic N) is 1. The van der Waals surface area contributed by atoms with Crippen LogP contribution in [0.25, 0.3) is 10.2 Å². The van der Waals surface area contributed by atoms with Crippen LogP contribution in [0.2, 0.25) is 0 Å². The van der Waals surface area contributed by atoms with Crippen LogP contribution >= 0.6 is 11.3 Å². The topological polar surface area (TPSA) is 60.5 Å². The number of aromatic nitrogens is 1. The number of benzene rings is 2. The molecule has 0 aliphatic rings. The van der Waals surface area contributed by atoms with Gasteiger partial charge in [-0.15, -0.1) is 13.2 Å². The summed E-state index contributed by atoms with van der Waals surface area (Å²) in [5, 5.41) is 2.95. The third-order valence-electron chi connectivity index (χ3n) is 3.34. The maximum absolute atomic E-state index is 12.3. The minimum atomic E-state index is -4.76. The molecule has 0 radical (unpaired) electrons. The summed E-state index contributed by atoms with van der Waals surface area (Å²) in [4.78, 5) is 16.3. The lowest BCUT2D eigenvalue weighted by molar-refractivity contribution is -0.274. The van der Waals surface area contributed by atoms with Crippen molar-refractivity contribution >= 4 is 32.6 Å². The van der Waals surface area contributed by atoms with E-state index < -0.39 is 6.36 Å². The monoisotopic (exact) mass is 382 g/mol. The molecule has 0 unspecified atom stereocenters. The fourth-order valence-electron chi connectivity index (χ4n) is 2.29. The number of rotatable bonds is 5. The number of methoxy groups -OCH3 is 1. The highest BCUT2D eigenvalue weighted by atomic mass is 32.1. The van der Waals surface area contributed by atoms with Crippen molar-refractivity contribution in [2.75, 3.05) is 12.4 Å². The van der Waals surface area contributed by atoms with Crippen molar-refractivity contribution in [1.29, 1.82) is 0 Å². The second-order valence-electron chi connectivity index (χ2n) is 5.27. The summed E-state index contributed by atoms with van der Waals surface area (Å²) in [6.45, 7) is 0. The fraction of sp³-hybridized carbons (Fsp3) is 0.176. The van der Waals surface area contributed by atoms with Gasteiger partial charge in [-0.3, -0.25) is 4.79 Å². The lowest BCUT2D eigenvalue weighted by Crippen LogP contribution is -2.16. The van der Waals surface area contributed by atoms with Crippen molar-refractivity contribution in [2.45, 2.75) is 12.8 Å². The van der Waals surface area contributed by atoms with E-state index in [2.05, 4.69) is 15.0 Å². The first-order valence-electron chi connectivity index (χ1n) is 7.41. The number of anilines is 1. The zero-order chi connectivity index (χ0) is 18.7. The summed E-state index contributed by atoms with van der Waals surface area (Å²) in [5.74, 6) is 0.0273. The van der Waals surface area contributed by atoms with Gasteiger partial charge >= 0.3 is 6.36 Å². The van der Waals surface area contributed by atoms with Crippen molar-refractivity contribution in [1.82, 2.24) is 4.98 Å². The van der Waals surface area contributed by atoms with Crippen LogP contribution in [0.3, 0.4) is 0 Å². The largest absolute Gasteiger partial charge is 0.573 e. The number of alkyl halides is 3. The molecular formula is C17H13F3N2O3S. The van der Waals surface area contributed by atoms with Crippen molar-refractivity contribution < 1.29 is 27.4 Å². The minimum Gasteiger partial charge on any atom is -0.497 e. The Morgan fingerprint density at radius 2 is 2.00 bits per heavy atom. The Bertz CT molecular complexity index is 940. The zero-order valence-corrected chi connectivity index (χ0v) is 14.3. The SMILES string of the molecule is COc1cccc(CC(=O)Nc2nc3ccc(OC(F)(F)F)cc3s2)c1. The summed E-state index contributed by atoms with van der Waals surface area (Å²) in [5.41, 5.74) is 1.24. The number of fused-ring (bicyclic) bond motifs is 1. The van der Waals surface area contributed by atoms with Gasteiger partial charge in [-0.2, -0.15) is 0 Å². The van der Waals surface area contributed by atoms with Crippen molar-refractivity contribution in [3.05, 3.63) is 48.0 Å². The molecule has 136 valence electrons. The molecule has 1 heterocycles. The minimum absolute atomic E-state index is 0.121. The molecule has 3 aromatic rings. The number of halogens is 3. The summed E-state index contributed by atoms with van der Waals surface area (Å²) < 4.78 is 46.3. The van der Waals surface area contributed by atoms with Gasteiger partial charge in [0.15, 0.2) is 5.13 Å². The van der Waals surface area contributed by atoms with E-state index in [4.69, 9.17) is 4.74 Å². The molecule has 0 aliphatic heterocycles. The average Bonchev–Trinajstić information content (AvgIpc) is 2.94. The zero-order valence-electron chi connectivity index (χ0n) is 13.5. The van der Waals surface area contributed by atoms with Gasteiger partial charge in [0, 0.05) is 6.07 Å². The van der Waals surface area contributed by atoms with E-state index in [-0.39, 0.29) is 18.1 Å². The molecule has 1 amide bonds. The molecule has 0 fully saturated rings. The Hall–Kier alpha value is -2.81. The van der Waals surface area contributed by atoms with Gasteiger partial charge in [0.1, 0.15) is 11.5 Å². The normalized spacial score (nSPS) is 11.4. The molecule has 5 nitrogen and oxygen atoms in total. The Kier molecular flexibility index (Phi) is 4.99. The summed E-state index contributed by atoms with van der Waals surface area (Å²) in [6, 6.07) is 10.9. The molecule has 1 N–H and O–H groups in total. The predicted octanol–water partition coefficient (Wildman–Crippen LogP) is 4.38. The molecule has 9 heteroatoms. The van der Waals surface area contributed by atoms with Crippen molar-refractivity contribution in [3.63, 3.8) is 0 Å². The maximum Gasteiger partial charge on any atom is 0.573 e. The quantitative estimate of drug-likeness (QED) is 0.711. The third kappa shape index (κ3) is 4.63. The molecule has 3 rings (SSSR count). The van der Waals surface area contributed by atoms with Crippen LogP contribution < -0.4 is 14.8 Å². The molecule has 2 aromatic carbocycles. The highest BCUT2D eigenvalue weighted by molar-refractivity contribution is 7.22. The van der Waals surface area contributed by atoms with Crippen LogP contribution in [0, 0.1) is 0 Å². The van der Waals surface area contributed by atoms with Crippen molar-refractivity contribution in [2.24, 2.45) is 0 Å². The van der Waals surface area contributed by atoms with Crippen LogP contribution in [-0.4, -0.2) is 24.4 Å². The van der Waals surface area contributed by atoms with E-state index in [0.717, 1.165) is 16.9 Å². The van der Waals surface area contributed by atoms with Gasteiger partial charge in [-0.05, 0) is 29.8 Å². The fourth-order valence-corrected chi connectivity index (χ4v) is 3.20. The number of nitrogens with one attached hydrogen (secondary N) is 1. The predicted molar refractivity (Wildman–Crippen MR) is 91.6 cm³/mol. The van der Waals surface area contributed by atoms with E-state index in [1.54, 1.807) is 24.3 Å². The number of carbonyl (C=O) groups is 1. The standard InChI is InChI=1S/C17H13F3N2O3S/c1-24-11-4-2-3-10(7-11)8-15(23)22-16-21-13-6-5-12(9-14(13)26-16)25-17(18,19)20/h2-7,9H,8H2,1H3,(H,21,22,23). The summed E-state index contributed by atoms with van der Waals surface area (Å²) in [6.07, 6.45) is -4.64. The molecule has 0 aliphatic carbocycles. The first-order valence-corrected chi connectivity index (χ1v) is 8.23. The van der Waals surface area contributed by atoms with E-state index in [9.17, 15) is 18.0 Å². The third-order valence-corrected chi connectivity index (χ3v) is 4.27. The number of carbonyl (C=O) groups excluding carboxylic acids is 1. The van der Waals surface area contributed by atoms with Gasteiger partial charge in [0.2, 0.25) is 5.91 Å². The van der Waals surface area contributed by atoms with Gasteiger partial charge in [0.05, 0.1) is 23.7 Å². The Balaban J connectivity index is 1.71. The van der Waals surface area contributed by atoms with Gasteiger partial charge in [-0.1, -0.05) is 23.5 Å². The number of hydrogen-bond acceptors (Lipinski definition) is 5. The second-order valence-corrected chi connectivity index (χ2v) is 6.30. The van der Waals surface area contributed by atoms with Crippen LogP contribution in [0.15, 0.2) is 42.5 Å². The number of amides is 1. The molecule has 0 atom stereocenters. The number of hydrogen-bond donors (Lipinski definition) is 1. The first kappa shape index (κ1) is 18.0. The molecule has 0 saturated heterocycles. The van der Waals surface area contributed by atoms with Crippen LogP contribution in [-0.2, 0) is 11.2 Å². The smallest absolute Gasteiger partial charge is 0.497 e. The first-order chi connectivity index (χ1) is 12.3. The molecule has 26 heavy (non-hydrogen) atoms. The highest BCUT2D eigenvalue weighted by Gasteiger charge is 2.31. The molecule has 0 spiro atoms. The second kappa shape index (κ2) is 7.20. The Labute approximate surface area is 150 Å². The Morgan fingerprint density at radius 3 is 2.73 bits per heavy atom.